The van der Waals surface area contributed by atoms with Gasteiger partial charge in [-0.3, -0.25) is 4.79 Å². The number of carbonyl (C=O) groups excluding carboxylic acids is 1. The van der Waals surface area contributed by atoms with Crippen LogP contribution in [-0.4, -0.2) is 27.6 Å². The zero-order valence-corrected chi connectivity index (χ0v) is 22.0. The van der Waals surface area contributed by atoms with Gasteiger partial charge in [0.2, 0.25) is 5.91 Å². The molecular formula is C28H32N2O5S. The molecule has 3 aromatic rings. The van der Waals surface area contributed by atoms with E-state index in [-0.39, 0.29) is 28.2 Å². The molecule has 0 heterocycles. The molecule has 0 fully saturated rings. The Morgan fingerprint density at radius 3 is 2.25 bits per heavy atom. The summed E-state index contributed by atoms with van der Waals surface area (Å²) < 4.78 is 35.8. The molecular weight excluding hydrogens is 476 g/mol. The Hall–Kier alpha value is -3.65. The topological polar surface area (TPSA) is 94.1 Å². The summed E-state index contributed by atoms with van der Waals surface area (Å²) in [5.74, 6) is 0.235. The predicted octanol–water partition coefficient (Wildman–Crippen LogP) is 5.22. The molecule has 190 valence electrons. The second kappa shape index (κ2) is 11.9. The normalized spacial score (nSPS) is 12.5. The molecule has 0 spiro atoms. The maximum Gasteiger partial charge on any atom is 0.339 e. The fourth-order valence-corrected chi connectivity index (χ4v) is 4.48. The highest BCUT2D eigenvalue weighted by atomic mass is 32.2. The molecule has 0 saturated heterocycles. The number of hydrogen-bond donors (Lipinski definition) is 1. The SMILES string of the molecule is COc1cc(C=NNC(=O)C(C)c2ccc(CC(C)C)cc2)ccc1OS(=O)(=O)c1ccc(C)cc1. The molecule has 0 bridgehead atoms. The van der Waals surface area contributed by atoms with E-state index in [1.165, 1.54) is 37.1 Å². The lowest BCUT2D eigenvalue weighted by atomic mass is 9.96. The molecule has 0 saturated carbocycles. The zero-order valence-electron chi connectivity index (χ0n) is 21.2. The van der Waals surface area contributed by atoms with Gasteiger partial charge in [-0.25, -0.2) is 5.43 Å². The average molecular weight is 509 g/mol. The number of carbonyl (C=O) groups is 1. The minimum absolute atomic E-state index is 0.0483. The fraction of sp³-hybridized carbons (Fsp3) is 0.286. The molecule has 1 atom stereocenters. The standard InChI is InChI=1S/C28H32N2O5S/c1-19(2)16-22-8-11-24(12-9-22)21(4)28(31)30-29-18-23-10-15-26(27(17-23)34-5)35-36(32,33)25-13-6-20(3)7-14-25/h6-15,17-19,21H,16H2,1-5H3,(H,30,31). The molecule has 1 unspecified atom stereocenters. The number of nitrogens with one attached hydrogen (secondary N) is 1. The van der Waals surface area contributed by atoms with Gasteiger partial charge < -0.3 is 8.92 Å². The van der Waals surface area contributed by atoms with Crippen molar-refractivity contribution in [1.29, 1.82) is 0 Å². The van der Waals surface area contributed by atoms with Crippen LogP contribution in [0, 0.1) is 12.8 Å². The highest BCUT2D eigenvalue weighted by Gasteiger charge is 2.19. The minimum Gasteiger partial charge on any atom is -0.493 e. The van der Waals surface area contributed by atoms with Crippen molar-refractivity contribution in [3.8, 4) is 11.5 Å². The van der Waals surface area contributed by atoms with Crippen LogP contribution in [0.3, 0.4) is 0 Å². The van der Waals surface area contributed by atoms with Crippen LogP contribution in [0.1, 0.15) is 48.9 Å². The molecule has 7 nitrogen and oxygen atoms in total. The monoisotopic (exact) mass is 508 g/mol. The number of hydrogen-bond acceptors (Lipinski definition) is 6. The van der Waals surface area contributed by atoms with Gasteiger partial charge in [0.25, 0.3) is 0 Å². The van der Waals surface area contributed by atoms with Crippen molar-refractivity contribution in [1.82, 2.24) is 5.43 Å². The predicted molar refractivity (Wildman–Crippen MR) is 141 cm³/mol. The molecule has 1 N–H and O–H groups in total. The van der Waals surface area contributed by atoms with Gasteiger partial charge in [-0.15, -0.1) is 0 Å². The van der Waals surface area contributed by atoms with Crippen molar-refractivity contribution >= 4 is 22.2 Å². The number of nitrogens with zero attached hydrogens (tertiary/aromatic N) is 1. The van der Waals surface area contributed by atoms with Crippen molar-refractivity contribution in [2.45, 2.75) is 44.9 Å². The summed E-state index contributed by atoms with van der Waals surface area (Å²) in [5, 5.41) is 4.04. The molecule has 1 amide bonds. The van der Waals surface area contributed by atoms with Crippen LogP contribution in [0.4, 0.5) is 0 Å². The minimum atomic E-state index is -4.02. The van der Waals surface area contributed by atoms with E-state index in [2.05, 4.69) is 36.5 Å². The third kappa shape index (κ3) is 7.18. The number of aryl methyl sites for hydroxylation is 1. The Labute approximate surface area is 213 Å². The number of hydrazone groups is 1. The number of rotatable bonds is 10. The second-order valence-electron chi connectivity index (χ2n) is 9.06. The first-order valence-electron chi connectivity index (χ1n) is 11.7. The number of ether oxygens (including phenoxy) is 1. The van der Waals surface area contributed by atoms with E-state index in [4.69, 9.17) is 8.92 Å². The molecule has 36 heavy (non-hydrogen) atoms. The van der Waals surface area contributed by atoms with E-state index in [0.29, 0.717) is 11.5 Å². The number of amides is 1. The Morgan fingerprint density at radius 2 is 1.64 bits per heavy atom. The largest absolute Gasteiger partial charge is 0.493 e. The van der Waals surface area contributed by atoms with Crippen LogP contribution in [0.15, 0.2) is 76.7 Å². The highest BCUT2D eigenvalue weighted by molar-refractivity contribution is 7.87. The summed E-state index contributed by atoms with van der Waals surface area (Å²) in [4.78, 5) is 12.6. The molecule has 0 aliphatic carbocycles. The van der Waals surface area contributed by atoms with Crippen LogP contribution >= 0.6 is 0 Å². The Morgan fingerprint density at radius 1 is 0.972 bits per heavy atom. The lowest BCUT2D eigenvalue weighted by Gasteiger charge is -2.12. The second-order valence-corrected chi connectivity index (χ2v) is 10.6. The Balaban J connectivity index is 1.64. The Bertz CT molecular complexity index is 1320. The first-order valence-corrected chi connectivity index (χ1v) is 13.1. The van der Waals surface area contributed by atoms with Crippen LogP contribution in [0.25, 0.3) is 0 Å². The third-order valence-electron chi connectivity index (χ3n) is 5.60. The van der Waals surface area contributed by atoms with Crippen molar-refractivity contribution in [3.05, 3.63) is 89.0 Å². The van der Waals surface area contributed by atoms with Crippen LogP contribution < -0.4 is 14.3 Å². The van der Waals surface area contributed by atoms with Gasteiger partial charge in [0.15, 0.2) is 11.5 Å². The van der Waals surface area contributed by atoms with Crippen LogP contribution in [0.5, 0.6) is 11.5 Å². The van der Waals surface area contributed by atoms with Crippen LogP contribution in [-0.2, 0) is 21.3 Å². The summed E-state index contributed by atoms with van der Waals surface area (Å²) >= 11 is 0. The summed E-state index contributed by atoms with van der Waals surface area (Å²) in [5.41, 5.74) is 6.24. The molecule has 0 aromatic heterocycles. The Kier molecular flexibility index (Phi) is 8.88. The van der Waals surface area contributed by atoms with E-state index in [0.717, 1.165) is 17.5 Å². The van der Waals surface area contributed by atoms with Crippen molar-refractivity contribution < 1.29 is 22.1 Å². The van der Waals surface area contributed by atoms with Crippen LogP contribution in [0.2, 0.25) is 0 Å². The van der Waals surface area contributed by atoms with E-state index in [1.807, 2.05) is 26.0 Å². The van der Waals surface area contributed by atoms with Gasteiger partial charge in [0.05, 0.1) is 19.2 Å². The van der Waals surface area contributed by atoms with Gasteiger partial charge in [0, 0.05) is 0 Å². The lowest BCUT2D eigenvalue weighted by molar-refractivity contribution is -0.122. The van der Waals surface area contributed by atoms with E-state index in [9.17, 15) is 13.2 Å². The molecule has 0 aliphatic rings. The van der Waals surface area contributed by atoms with Gasteiger partial charge in [-0.2, -0.15) is 13.5 Å². The van der Waals surface area contributed by atoms with E-state index >= 15 is 0 Å². The first kappa shape index (κ1) is 26.9. The highest BCUT2D eigenvalue weighted by Crippen LogP contribution is 2.30. The summed E-state index contributed by atoms with van der Waals surface area (Å²) in [6, 6.07) is 19.1. The molecule has 0 aliphatic heterocycles. The molecule has 0 radical (unpaired) electrons. The zero-order chi connectivity index (χ0) is 26.3. The first-order chi connectivity index (χ1) is 17.1. The van der Waals surface area contributed by atoms with Crippen molar-refractivity contribution in [2.24, 2.45) is 11.0 Å². The smallest absolute Gasteiger partial charge is 0.339 e. The van der Waals surface area contributed by atoms with Gasteiger partial charge in [0.1, 0.15) is 4.90 Å². The fourth-order valence-electron chi connectivity index (χ4n) is 3.54. The molecule has 8 heteroatoms. The summed E-state index contributed by atoms with van der Waals surface area (Å²) in [7, 11) is -2.61. The maximum absolute atomic E-state index is 12.6. The summed E-state index contributed by atoms with van der Waals surface area (Å²) in [6.45, 7) is 8.04. The van der Waals surface area contributed by atoms with E-state index in [1.54, 1.807) is 24.3 Å². The summed E-state index contributed by atoms with van der Waals surface area (Å²) in [6.07, 6.45) is 2.45. The maximum atomic E-state index is 12.6. The number of methoxy groups -OCH3 is 1. The average Bonchev–Trinajstić information content (AvgIpc) is 2.84. The molecule has 3 rings (SSSR count). The van der Waals surface area contributed by atoms with Crippen molar-refractivity contribution in [3.63, 3.8) is 0 Å². The van der Waals surface area contributed by atoms with Gasteiger partial charge in [-0.05, 0) is 73.2 Å². The van der Waals surface area contributed by atoms with E-state index < -0.39 is 10.1 Å². The number of benzene rings is 3. The third-order valence-corrected chi connectivity index (χ3v) is 6.85. The van der Waals surface area contributed by atoms with Gasteiger partial charge in [-0.1, -0.05) is 55.8 Å². The quantitative estimate of drug-likeness (QED) is 0.230. The lowest BCUT2D eigenvalue weighted by Crippen LogP contribution is -2.23. The van der Waals surface area contributed by atoms with Gasteiger partial charge >= 0.3 is 10.1 Å². The van der Waals surface area contributed by atoms with Crippen molar-refractivity contribution in [2.75, 3.05) is 7.11 Å². The molecule has 3 aromatic carbocycles.